The van der Waals surface area contributed by atoms with Gasteiger partial charge in [-0.3, -0.25) is 0 Å². The first-order valence-electron chi connectivity index (χ1n) is 2.24. The van der Waals surface area contributed by atoms with Crippen molar-refractivity contribution < 1.29 is 21.6 Å². The predicted octanol–water partition coefficient (Wildman–Crippen LogP) is 0.226. The summed E-state index contributed by atoms with van der Waals surface area (Å²) in [4.78, 5) is 0. The minimum Gasteiger partial charge on any atom is -0.228 e. The molecule has 2 N–H and O–H groups in total. The summed E-state index contributed by atoms with van der Waals surface area (Å²) in [7, 11) is -4.49. The van der Waals surface area contributed by atoms with Gasteiger partial charge in [0.1, 0.15) is 0 Å². The molecule has 0 bridgehead atoms. The molecule has 0 spiro atoms. The topological polar surface area (TPSA) is 60.2 Å². The van der Waals surface area contributed by atoms with Gasteiger partial charge >= 0.3 is 6.18 Å². The molecule has 0 rings (SSSR count). The van der Waals surface area contributed by atoms with E-state index in [4.69, 9.17) is 0 Å². The van der Waals surface area contributed by atoms with Crippen LogP contribution in [-0.4, -0.2) is 19.8 Å². The van der Waals surface area contributed by atoms with Gasteiger partial charge < -0.3 is 0 Å². The van der Waals surface area contributed by atoms with Crippen molar-refractivity contribution in [1.29, 1.82) is 0 Å². The largest absolute Gasteiger partial charge is 0.406 e. The summed E-state index contributed by atoms with van der Waals surface area (Å²) in [6.45, 7) is 0.495. The molecular formula is C3H6F3NO2S. The molecule has 0 saturated carbocycles. The van der Waals surface area contributed by atoms with Gasteiger partial charge in [-0.05, 0) is 6.92 Å². The van der Waals surface area contributed by atoms with Crippen molar-refractivity contribution in [3.8, 4) is 0 Å². The third kappa shape index (κ3) is 2.53. The zero-order valence-corrected chi connectivity index (χ0v) is 5.83. The third-order valence-electron chi connectivity index (χ3n) is 0.954. The Labute approximate surface area is 56.1 Å². The molecule has 1 atom stereocenters. The lowest BCUT2D eigenvalue weighted by molar-refractivity contribution is -0.126. The van der Waals surface area contributed by atoms with E-state index in [0.717, 1.165) is 0 Å². The zero-order valence-electron chi connectivity index (χ0n) is 5.01. The van der Waals surface area contributed by atoms with Crippen LogP contribution in [0, 0.1) is 0 Å². The van der Waals surface area contributed by atoms with Gasteiger partial charge in [-0.15, -0.1) is 0 Å². The van der Waals surface area contributed by atoms with Crippen molar-refractivity contribution in [3.63, 3.8) is 0 Å². The summed E-state index contributed by atoms with van der Waals surface area (Å²) in [5.41, 5.74) is 0. The Bertz CT molecular complexity index is 206. The van der Waals surface area contributed by atoms with Gasteiger partial charge in [0.25, 0.3) is 0 Å². The van der Waals surface area contributed by atoms with Crippen LogP contribution in [0.1, 0.15) is 6.92 Å². The smallest absolute Gasteiger partial charge is 0.228 e. The second-order valence-corrected chi connectivity index (χ2v) is 3.66. The molecule has 0 aliphatic heterocycles. The summed E-state index contributed by atoms with van der Waals surface area (Å²) < 4.78 is 54.5. The number of hydrogen-bond acceptors (Lipinski definition) is 2. The molecule has 0 aromatic heterocycles. The minimum atomic E-state index is -4.77. The normalized spacial score (nSPS) is 16.9. The van der Waals surface area contributed by atoms with Crippen molar-refractivity contribution in [2.75, 3.05) is 0 Å². The van der Waals surface area contributed by atoms with E-state index in [0.29, 0.717) is 6.92 Å². The molecule has 0 amide bonds. The number of sulfonamides is 1. The van der Waals surface area contributed by atoms with E-state index >= 15 is 0 Å². The van der Waals surface area contributed by atoms with E-state index in [1.54, 1.807) is 0 Å². The van der Waals surface area contributed by atoms with Gasteiger partial charge in [0.15, 0.2) is 5.25 Å². The lowest BCUT2D eigenvalue weighted by Crippen LogP contribution is -2.38. The molecule has 0 fully saturated rings. The van der Waals surface area contributed by atoms with Gasteiger partial charge in [-0.2, -0.15) is 13.2 Å². The maximum atomic E-state index is 11.5. The molecule has 3 nitrogen and oxygen atoms in total. The van der Waals surface area contributed by atoms with Gasteiger partial charge in [0.05, 0.1) is 0 Å². The van der Waals surface area contributed by atoms with E-state index in [1.807, 2.05) is 0 Å². The van der Waals surface area contributed by atoms with E-state index in [2.05, 4.69) is 5.14 Å². The Morgan fingerprint density at radius 3 is 1.70 bits per heavy atom. The van der Waals surface area contributed by atoms with E-state index < -0.39 is 21.4 Å². The molecule has 0 aliphatic rings. The zero-order chi connectivity index (χ0) is 8.58. The quantitative estimate of drug-likeness (QED) is 0.623. The molecule has 62 valence electrons. The molecule has 7 heteroatoms. The first kappa shape index (κ1) is 9.70. The van der Waals surface area contributed by atoms with Gasteiger partial charge in [-0.1, -0.05) is 0 Å². The highest BCUT2D eigenvalue weighted by Gasteiger charge is 2.43. The van der Waals surface area contributed by atoms with Crippen LogP contribution in [0.15, 0.2) is 0 Å². The van der Waals surface area contributed by atoms with E-state index in [1.165, 1.54) is 0 Å². The number of halogens is 3. The van der Waals surface area contributed by atoms with Gasteiger partial charge in [0.2, 0.25) is 10.0 Å². The first-order chi connectivity index (χ1) is 4.15. The number of nitrogens with two attached hydrogens (primary N) is 1. The molecule has 0 aliphatic carbocycles. The molecule has 0 aromatic rings. The first-order valence-corrected chi connectivity index (χ1v) is 3.85. The Kier molecular flexibility index (Phi) is 2.32. The van der Waals surface area contributed by atoms with Crippen LogP contribution in [0.25, 0.3) is 0 Å². The summed E-state index contributed by atoms with van der Waals surface area (Å²) in [5, 5.41) is 1.73. The Morgan fingerprint density at radius 2 is 1.70 bits per heavy atom. The van der Waals surface area contributed by atoms with Gasteiger partial charge in [-0.25, -0.2) is 13.6 Å². The van der Waals surface area contributed by atoms with Crippen molar-refractivity contribution >= 4 is 10.0 Å². The van der Waals surface area contributed by atoms with Crippen LogP contribution in [0.2, 0.25) is 0 Å². The van der Waals surface area contributed by atoms with Crippen molar-refractivity contribution in [3.05, 3.63) is 0 Å². The third-order valence-corrected chi connectivity index (χ3v) is 2.21. The average Bonchev–Trinajstić information content (AvgIpc) is 1.59. The lowest BCUT2D eigenvalue weighted by atomic mass is 10.5. The van der Waals surface area contributed by atoms with Crippen LogP contribution in [0.5, 0.6) is 0 Å². The molecule has 0 aromatic carbocycles. The number of rotatable bonds is 1. The van der Waals surface area contributed by atoms with Crippen LogP contribution < -0.4 is 5.14 Å². The lowest BCUT2D eigenvalue weighted by Gasteiger charge is -2.11. The standard InChI is InChI=1S/C3H6F3NO2S/c1-2(3(4,5)6)10(7,8)9/h2H,1H3,(H2,7,8,9)/t2-/m1/s1. The molecular weight excluding hydrogens is 171 g/mol. The maximum Gasteiger partial charge on any atom is 0.406 e. The van der Waals surface area contributed by atoms with Crippen LogP contribution in [-0.2, 0) is 10.0 Å². The summed E-state index contributed by atoms with van der Waals surface area (Å²) in [6, 6.07) is 0. The monoisotopic (exact) mass is 177 g/mol. The summed E-state index contributed by atoms with van der Waals surface area (Å²) in [6.07, 6.45) is -4.77. The molecule has 0 unspecified atom stereocenters. The molecule has 0 saturated heterocycles. The SMILES string of the molecule is C[C@H](C(F)(F)F)S(N)(=O)=O. The van der Waals surface area contributed by atoms with Crippen LogP contribution >= 0.6 is 0 Å². The fourth-order valence-electron chi connectivity index (χ4n) is 0.186. The molecule has 10 heavy (non-hydrogen) atoms. The minimum absolute atomic E-state index is 0.495. The van der Waals surface area contributed by atoms with E-state index in [-0.39, 0.29) is 0 Å². The fourth-order valence-corrected chi connectivity index (χ4v) is 0.559. The fraction of sp³-hybridized carbons (Fsp3) is 1.00. The Hall–Kier alpha value is -0.300. The van der Waals surface area contributed by atoms with Crippen molar-refractivity contribution in [1.82, 2.24) is 0 Å². The van der Waals surface area contributed by atoms with Crippen molar-refractivity contribution in [2.24, 2.45) is 5.14 Å². The number of hydrogen-bond donors (Lipinski definition) is 1. The Morgan fingerprint density at radius 1 is 1.40 bits per heavy atom. The second kappa shape index (κ2) is 2.39. The maximum absolute atomic E-state index is 11.5. The number of alkyl halides is 3. The van der Waals surface area contributed by atoms with Crippen LogP contribution in [0.3, 0.4) is 0 Å². The highest BCUT2D eigenvalue weighted by molar-refractivity contribution is 7.89. The van der Waals surface area contributed by atoms with Crippen LogP contribution in [0.4, 0.5) is 13.2 Å². The summed E-state index contributed by atoms with van der Waals surface area (Å²) >= 11 is 0. The highest BCUT2D eigenvalue weighted by atomic mass is 32.2. The van der Waals surface area contributed by atoms with E-state index in [9.17, 15) is 21.6 Å². The molecule has 0 radical (unpaired) electrons. The summed E-state index contributed by atoms with van der Waals surface area (Å²) in [5.74, 6) is 0. The Balaban J connectivity index is 4.56. The average molecular weight is 177 g/mol. The second-order valence-electron chi connectivity index (χ2n) is 1.77. The van der Waals surface area contributed by atoms with Gasteiger partial charge in [0, 0.05) is 0 Å². The number of primary sulfonamides is 1. The highest BCUT2D eigenvalue weighted by Crippen LogP contribution is 2.23. The van der Waals surface area contributed by atoms with Crippen molar-refractivity contribution in [2.45, 2.75) is 18.3 Å². The molecule has 0 heterocycles. The predicted molar refractivity (Wildman–Crippen MR) is 28.6 cm³/mol.